The highest BCUT2D eigenvalue weighted by Gasteiger charge is 2.34. The number of nitrogens with two attached hydrogens (primary N) is 1. The van der Waals surface area contributed by atoms with Crippen LogP contribution < -0.4 is 16.4 Å². The van der Waals surface area contributed by atoms with Crippen molar-refractivity contribution in [2.75, 3.05) is 16.4 Å². The Morgan fingerprint density at radius 1 is 1.06 bits per heavy atom. The number of Topliss-reactive ketones (excluding diaryl/α,β-unsaturated/α-hetero) is 1. The van der Waals surface area contributed by atoms with Crippen molar-refractivity contribution in [2.45, 2.75) is 19.0 Å². The van der Waals surface area contributed by atoms with Gasteiger partial charge in [0.15, 0.2) is 11.6 Å². The molecular formula is C23H18F3N7O2. The van der Waals surface area contributed by atoms with Gasteiger partial charge in [-0.2, -0.15) is 18.3 Å². The van der Waals surface area contributed by atoms with Crippen LogP contribution in [0.2, 0.25) is 0 Å². The van der Waals surface area contributed by atoms with Gasteiger partial charge in [-0.15, -0.1) is 0 Å². The van der Waals surface area contributed by atoms with Crippen molar-refractivity contribution in [1.82, 2.24) is 19.6 Å². The molecule has 9 nitrogen and oxygen atoms in total. The second-order valence-electron chi connectivity index (χ2n) is 8.08. The summed E-state index contributed by atoms with van der Waals surface area (Å²) in [6.45, 7) is 0. The average Bonchev–Trinajstić information content (AvgIpc) is 3.59. The molecule has 0 radical (unpaired) electrons. The number of carbonyl (C=O) groups is 2. The number of urea groups is 1. The second kappa shape index (κ2) is 8.38. The fourth-order valence-corrected chi connectivity index (χ4v) is 3.75. The van der Waals surface area contributed by atoms with Gasteiger partial charge in [-0.25, -0.2) is 19.3 Å². The minimum atomic E-state index is -4.55. The molecule has 12 heteroatoms. The monoisotopic (exact) mass is 481 g/mol. The summed E-state index contributed by atoms with van der Waals surface area (Å²) in [6.07, 6.45) is 1.04. The summed E-state index contributed by atoms with van der Waals surface area (Å²) in [4.78, 5) is 33.0. The van der Waals surface area contributed by atoms with Crippen molar-refractivity contribution in [1.29, 1.82) is 0 Å². The number of alkyl halides is 3. The van der Waals surface area contributed by atoms with Gasteiger partial charge in [0, 0.05) is 35.1 Å². The lowest BCUT2D eigenvalue weighted by Gasteiger charge is -2.11. The highest BCUT2D eigenvalue weighted by Crippen LogP contribution is 2.39. The molecule has 0 atom stereocenters. The number of benzene rings is 1. The van der Waals surface area contributed by atoms with Crippen LogP contribution >= 0.6 is 0 Å². The maximum absolute atomic E-state index is 12.9. The van der Waals surface area contributed by atoms with Gasteiger partial charge in [-0.05, 0) is 42.7 Å². The molecule has 178 valence electrons. The zero-order chi connectivity index (χ0) is 24.7. The Labute approximate surface area is 196 Å². The van der Waals surface area contributed by atoms with E-state index in [4.69, 9.17) is 5.73 Å². The van der Waals surface area contributed by atoms with Gasteiger partial charge in [0.1, 0.15) is 17.7 Å². The summed E-state index contributed by atoms with van der Waals surface area (Å²) in [7, 11) is 0. The fourth-order valence-electron chi connectivity index (χ4n) is 3.75. The molecule has 1 saturated carbocycles. The summed E-state index contributed by atoms with van der Waals surface area (Å²) in [5, 5.41) is 8.98. The molecule has 3 aromatic heterocycles. The standard InChI is InChI=1S/C23H18F3N7O2/c24-23(25,26)14-7-8-28-17(9-14)32-22(35)31-15-5-3-12(4-6-15)18-16(20(34)13-1-2-13)10-33-19(18)21(27)29-11-30-33/h3-11,13H,1-2H2,(H2,27,29,30)(H2,28,31,32,35). The van der Waals surface area contributed by atoms with Gasteiger partial charge in [0.25, 0.3) is 0 Å². The Hall–Kier alpha value is -4.48. The highest BCUT2D eigenvalue weighted by molar-refractivity contribution is 6.10. The van der Waals surface area contributed by atoms with E-state index in [9.17, 15) is 22.8 Å². The number of nitrogen functional groups attached to an aromatic ring is 1. The van der Waals surface area contributed by atoms with E-state index in [-0.39, 0.29) is 23.3 Å². The first-order valence-electron chi connectivity index (χ1n) is 10.6. The van der Waals surface area contributed by atoms with E-state index in [1.54, 1.807) is 30.5 Å². The molecule has 3 heterocycles. The van der Waals surface area contributed by atoms with E-state index >= 15 is 0 Å². The van der Waals surface area contributed by atoms with Crippen molar-refractivity contribution < 1.29 is 22.8 Å². The van der Waals surface area contributed by atoms with E-state index < -0.39 is 17.8 Å². The highest BCUT2D eigenvalue weighted by atomic mass is 19.4. The molecule has 1 aliphatic carbocycles. The normalized spacial score (nSPS) is 13.6. The number of rotatable bonds is 5. The first kappa shape index (κ1) is 22.3. The number of ketones is 1. The second-order valence-corrected chi connectivity index (χ2v) is 8.08. The number of anilines is 3. The summed E-state index contributed by atoms with van der Waals surface area (Å²) in [5.74, 6) is -0.0255. The van der Waals surface area contributed by atoms with E-state index in [0.717, 1.165) is 31.2 Å². The molecular weight excluding hydrogens is 463 g/mol. The molecule has 0 saturated heterocycles. The van der Waals surface area contributed by atoms with Crippen LogP contribution in [0.25, 0.3) is 16.6 Å². The van der Waals surface area contributed by atoms with E-state index in [2.05, 4.69) is 25.7 Å². The lowest BCUT2D eigenvalue weighted by molar-refractivity contribution is -0.137. The Kier molecular flexibility index (Phi) is 5.35. The van der Waals surface area contributed by atoms with Crippen molar-refractivity contribution >= 4 is 34.7 Å². The Morgan fingerprint density at radius 2 is 1.80 bits per heavy atom. The van der Waals surface area contributed by atoms with Crippen molar-refractivity contribution in [3.05, 3.63) is 66.2 Å². The fraction of sp³-hybridized carbons (Fsp3) is 0.174. The summed E-state index contributed by atoms with van der Waals surface area (Å²) in [5.41, 5.74) is 7.80. The summed E-state index contributed by atoms with van der Waals surface area (Å²) >= 11 is 0. The number of hydrogen-bond acceptors (Lipinski definition) is 6. The average molecular weight is 481 g/mol. The van der Waals surface area contributed by atoms with Gasteiger partial charge >= 0.3 is 12.2 Å². The van der Waals surface area contributed by atoms with Gasteiger partial charge in [-0.1, -0.05) is 12.1 Å². The molecule has 0 aliphatic heterocycles. The molecule has 0 spiro atoms. The molecule has 5 rings (SSSR count). The number of halogens is 3. The largest absolute Gasteiger partial charge is 0.416 e. The Balaban J connectivity index is 1.38. The SMILES string of the molecule is Nc1ncnn2cc(C(=O)C3CC3)c(-c3ccc(NC(=O)Nc4cc(C(F)(F)F)ccn4)cc3)c12. The number of nitrogens with zero attached hydrogens (tertiary/aromatic N) is 4. The Bertz CT molecular complexity index is 1440. The topological polar surface area (TPSA) is 127 Å². The number of pyridine rings is 1. The zero-order valence-corrected chi connectivity index (χ0v) is 18.0. The molecule has 1 aromatic carbocycles. The van der Waals surface area contributed by atoms with Crippen LogP contribution in [0.4, 0.5) is 35.3 Å². The van der Waals surface area contributed by atoms with E-state index in [0.29, 0.717) is 27.9 Å². The molecule has 0 bridgehead atoms. The zero-order valence-electron chi connectivity index (χ0n) is 18.0. The van der Waals surface area contributed by atoms with Crippen molar-refractivity contribution in [3.63, 3.8) is 0 Å². The van der Waals surface area contributed by atoms with Gasteiger partial charge in [-0.3, -0.25) is 10.1 Å². The number of aromatic nitrogens is 4. The molecule has 1 fully saturated rings. The molecule has 4 aromatic rings. The van der Waals surface area contributed by atoms with Crippen molar-refractivity contribution in [3.8, 4) is 11.1 Å². The quantitative estimate of drug-likeness (QED) is 0.357. The number of nitrogens with one attached hydrogen (secondary N) is 2. The summed E-state index contributed by atoms with van der Waals surface area (Å²) < 4.78 is 40.1. The number of fused-ring (bicyclic) bond motifs is 1. The maximum Gasteiger partial charge on any atom is 0.416 e. The first-order valence-corrected chi connectivity index (χ1v) is 10.6. The maximum atomic E-state index is 12.9. The van der Waals surface area contributed by atoms with Crippen LogP contribution in [0.15, 0.2) is 55.1 Å². The van der Waals surface area contributed by atoms with Crippen LogP contribution in [0.3, 0.4) is 0 Å². The molecule has 2 amide bonds. The van der Waals surface area contributed by atoms with Crippen LogP contribution in [-0.2, 0) is 6.18 Å². The third kappa shape index (κ3) is 4.50. The van der Waals surface area contributed by atoms with Crippen LogP contribution in [0, 0.1) is 5.92 Å². The first-order chi connectivity index (χ1) is 16.7. The third-order valence-electron chi connectivity index (χ3n) is 5.58. The van der Waals surface area contributed by atoms with Crippen molar-refractivity contribution in [2.24, 2.45) is 5.92 Å². The molecule has 1 aliphatic rings. The van der Waals surface area contributed by atoms with Gasteiger partial charge in [0.2, 0.25) is 0 Å². The van der Waals surface area contributed by atoms with E-state index in [1.165, 1.54) is 10.8 Å². The number of amides is 2. The third-order valence-corrected chi connectivity index (χ3v) is 5.58. The molecule has 35 heavy (non-hydrogen) atoms. The minimum Gasteiger partial charge on any atom is -0.382 e. The van der Waals surface area contributed by atoms with Gasteiger partial charge in [0.05, 0.1) is 5.56 Å². The van der Waals surface area contributed by atoms with Crippen LogP contribution in [0.1, 0.15) is 28.8 Å². The predicted octanol–water partition coefficient (Wildman–Crippen LogP) is 4.63. The summed E-state index contributed by atoms with van der Waals surface area (Å²) in [6, 6.07) is 7.39. The van der Waals surface area contributed by atoms with Crippen LogP contribution in [0.5, 0.6) is 0 Å². The van der Waals surface area contributed by atoms with Gasteiger partial charge < -0.3 is 11.1 Å². The molecule has 0 unspecified atom stereocenters. The lowest BCUT2D eigenvalue weighted by atomic mass is 9.98. The predicted molar refractivity (Wildman–Crippen MR) is 122 cm³/mol. The number of hydrogen-bond donors (Lipinski definition) is 3. The van der Waals surface area contributed by atoms with Crippen LogP contribution in [-0.4, -0.2) is 31.4 Å². The smallest absolute Gasteiger partial charge is 0.382 e. The lowest BCUT2D eigenvalue weighted by Crippen LogP contribution is -2.20. The van der Waals surface area contributed by atoms with E-state index in [1.807, 2.05) is 0 Å². The molecule has 4 N–H and O–H groups in total. The Morgan fingerprint density at radius 3 is 2.49 bits per heavy atom. The number of carbonyl (C=O) groups excluding carboxylic acids is 2. The minimum absolute atomic E-state index is 0.0140.